The van der Waals surface area contributed by atoms with Crippen molar-refractivity contribution in [3.8, 4) is 0 Å². The first-order chi connectivity index (χ1) is 9.66. The van der Waals surface area contributed by atoms with Crippen LogP contribution in [0, 0.1) is 11.8 Å². The summed E-state index contributed by atoms with van der Waals surface area (Å²) >= 11 is 0. The highest BCUT2D eigenvalue weighted by Gasteiger charge is 2.26. The number of unbranched alkanes of at least 4 members (excludes halogenated alkanes) is 1. The van der Waals surface area contributed by atoms with Crippen LogP contribution in [0.15, 0.2) is 0 Å². The van der Waals surface area contributed by atoms with E-state index in [0.717, 1.165) is 58.0 Å². The summed E-state index contributed by atoms with van der Waals surface area (Å²) in [6.07, 6.45) is 10.2. The Bertz CT molecular complexity index is 303. The fraction of sp³-hybridized carbons (Fsp3) is 0.941. The van der Waals surface area contributed by atoms with Crippen LogP contribution in [0.1, 0.15) is 71.1 Å². The number of ether oxygens (including phenoxy) is 1. The van der Waals surface area contributed by atoms with Gasteiger partial charge >= 0.3 is 0 Å². The summed E-state index contributed by atoms with van der Waals surface area (Å²) in [5.41, 5.74) is 0. The number of carbonyl (C=O) groups is 1. The minimum atomic E-state index is -0.259. The molecule has 0 saturated heterocycles. The van der Waals surface area contributed by atoms with Gasteiger partial charge in [-0.2, -0.15) is 0 Å². The molecule has 0 aromatic carbocycles. The van der Waals surface area contributed by atoms with Crippen LogP contribution in [-0.2, 0) is 9.53 Å². The quantitative estimate of drug-likeness (QED) is 0.759. The zero-order chi connectivity index (χ0) is 14.4. The van der Waals surface area contributed by atoms with Gasteiger partial charge in [0.1, 0.15) is 5.78 Å². The molecule has 3 heteroatoms. The fourth-order valence-electron chi connectivity index (χ4n) is 3.56. The molecule has 0 heterocycles. The van der Waals surface area contributed by atoms with Gasteiger partial charge in [0.15, 0.2) is 0 Å². The normalized spacial score (nSPS) is 35.2. The lowest BCUT2D eigenvalue weighted by atomic mass is 9.79. The van der Waals surface area contributed by atoms with Crippen molar-refractivity contribution in [3.05, 3.63) is 0 Å². The Labute approximate surface area is 123 Å². The van der Waals surface area contributed by atoms with Gasteiger partial charge in [0.2, 0.25) is 0 Å². The number of carbonyl (C=O) groups excluding carboxylic acids is 1. The fourth-order valence-corrected chi connectivity index (χ4v) is 3.56. The van der Waals surface area contributed by atoms with Gasteiger partial charge in [0, 0.05) is 18.9 Å². The lowest BCUT2D eigenvalue weighted by molar-refractivity contribution is -0.126. The first-order valence-electron chi connectivity index (χ1n) is 8.49. The molecule has 4 atom stereocenters. The molecule has 0 amide bonds. The summed E-state index contributed by atoms with van der Waals surface area (Å²) in [5.74, 6) is 1.38. The lowest BCUT2D eigenvalue weighted by Crippen LogP contribution is -2.32. The molecule has 2 saturated carbocycles. The second kappa shape index (κ2) is 8.14. The van der Waals surface area contributed by atoms with Gasteiger partial charge in [-0.05, 0) is 44.4 Å². The highest BCUT2D eigenvalue weighted by Crippen LogP contribution is 2.29. The van der Waals surface area contributed by atoms with E-state index in [1.54, 1.807) is 0 Å². The van der Waals surface area contributed by atoms with Crippen molar-refractivity contribution in [2.75, 3.05) is 6.61 Å². The van der Waals surface area contributed by atoms with Crippen LogP contribution >= 0.6 is 0 Å². The zero-order valence-electron chi connectivity index (χ0n) is 12.9. The number of aliphatic hydroxyl groups is 1. The lowest BCUT2D eigenvalue weighted by Gasteiger charge is -2.28. The summed E-state index contributed by atoms with van der Waals surface area (Å²) in [4.78, 5) is 11.9. The molecule has 116 valence electrons. The summed E-state index contributed by atoms with van der Waals surface area (Å²) < 4.78 is 5.79. The monoisotopic (exact) mass is 282 g/mol. The average Bonchev–Trinajstić information content (AvgIpc) is 2.42. The van der Waals surface area contributed by atoms with Crippen molar-refractivity contribution in [3.63, 3.8) is 0 Å². The molecule has 2 rings (SSSR count). The molecule has 2 fully saturated rings. The smallest absolute Gasteiger partial charge is 0.136 e. The number of Topliss-reactive ketones (excluding diaryl/α,β-unsaturated/α-hetero) is 1. The molecule has 0 aliphatic heterocycles. The molecule has 1 N–H and O–H groups in total. The van der Waals surface area contributed by atoms with E-state index in [4.69, 9.17) is 4.74 Å². The van der Waals surface area contributed by atoms with Crippen LogP contribution < -0.4 is 0 Å². The maximum absolute atomic E-state index is 11.9. The molecule has 2 unspecified atom stereocenters. The van der Waals surface area contributed by atoms with E-state index >= 15 is 0 Å². The van der Waals surface area contributed by atoms with E-state index in [1.807, 2.05) is 0 Å². The molecule has 0 spiro atoms. The minimum absolute atomic E-state index is 0.0564. The molecule has 3 nitrogen and oxygen atoms in total. The topological polar surface area (TPSA) is 46.5 Å². The first kappa shape index (κ1) is 16.0. The number of hydrogen-bond acceptors (Lipinski definition) is 3. The summed E-state index contributed by atoms with van der Waals surface area (Å²) in [6, 6.07) is 0. The Kier molecular flexibility index (Phi) is 6.50. The average molecular weight is 282 g/mol. The van der Waals surface area contributed by atoms with E-state index in [9.17, 15) is 9.90 Å². The third kappa shape index (κ3) is 4.85. The molecular weight excluding hydrogens is 252 g/mol. The third-order valence-corrected chi connectivity index (χ3v) is 4.96. The Morgan fingerprint density at radius 1 is 1.15 bits per heavy atom. The number of aliphatic hydroxyl groups excluding tert-OH is 1. The summed E-state index contributed by atoms with van der Waals surface area (Å²) in [7, 11) is 0. The molecule has 0 aromatic rings. The van der Waals surface area contributed by atoms with E-state index in [2.05, 4.69) is 6.92 Å². The van der Waals surface area contributed by atoms with Gasteiger partial charge in [0.25, 0.3) is 0 Å². The van der Waals surface area contributed by atoms with Crippen molar-refractivity contribution in [2.24, 2.45) is 11.8 Å². The van der Waals surface area contributed by atoms with Gasteiger partial charge < -0.3 is 9.84 Å². The molecule has 0 radical (unpaired) electrons. The Morgan fingerprint density at radius 2 is 1.95 bits per heavy atom. The highest BCUT2D eigenvalue weighted by molar-refractivity contribution is 5.81. The van der Waals surface area contributed by atoms with Crippen LogP contribution in [0.2, 0.25) is 0 Å². The second-order valence-electron chi connectivity index (χ2n) is 6.81. The van der Waals surface area contributed by atoms with Gasteiger partial charge in [0.05, 0.1) is 12.2 Å². The van der Waals surface area contributed by atoms with Gasteiger partial charge in [-0.15, -0.1) is 0 Å². The third-order valence-electron chi connectivity index (χ3n) is 4.96. The van der Waals surface area contributed by atoms with Gasteiger partial charge in [-0.3, -0.25) is 4.79 Å². The summed E-state index contributed by atoms with van der Waals surface area (Å²) in [5, 5.41) is 9.82. The van der Waals surface area contributed by atoms with Crippen LogP contribution in [0.3, 0.4) is 0 Å². The summed E-state index contributed by atoms with van der Waals surface area (Å²) in [6.45, 7) is 2.91. The predicted molar refractivity (Wildman–Crippen MR) is 79.6 cm³/mol. The Morgan fingerprint density at radius 3 is 2.70 bits per heavy atom. The molecule has 2 aliphatic rings. The SMILES string of the molecule is CC1CCC(CCCCO[C@@H]2CCCC[C@H]2O)C(=O)C1. The number of rotatable bonds is 6. The molecule has 2 aliphatic carbocycles. The number of ketones is 1. The van der Waals surface area contributed by atoms with Crippen LogP contribution in [0.4, 0.5) is 0 Å². The standard InChI is InChI=1S/C17H30O3/c1-13-9-10-14(16(19)12-13)6-4-5-11-20-17-8-3-2-7-15(17)18/h13-15,17-18H,2-12H2,1H3/t13?,14?,15-,17-/m1/s1. The van der Waals surface area contributed by atoms with E-state index in [1.165, 1.54) is 12.8 Å². The number of hydrogen-bond donors (Lipinski definition) is 1. The van der Waals surface area contributed by atoms with Crippen molar-refractivity contribution >= 4 is 5.78 Å². The Hall–Kier alpha value is -0.410. The first-order valence-corrected chi connectivity index (χ1v) is 8.49. The van der Waals surface area contributed by atoms with Crippen molar-refractivity contribution in [1.82, 2.24) is 0 Å². The van der Waals surface area contributed by atoms with E-state index in [0.29, 0.717) is 17.6 Å². The predicted octanol–water partition coefficient (Wildman–Crippen LogP) is 3.48. The molecule has 0 bridgehead atoms. The van der Waals surface area contributed by atoms with Crippen LogP contribution in [0.25, 0.3) is 0 Å². The molecular formula is C17H30O3. The minimum Gasteiger partial charge on any atom is -0.390 e. The van der Waals surface area contributed by atoms with Crippen molar-refractivity contribution in [2.45, 2.75) is 83.3 Å². The largest absolute Gasteiger partial charge is 0.390 e. The van der Waals surface area contributed by atoms with Gasteiger partial charge in [-0.1, -0.05) is 26.2 Å². The second-order valence-corrected chi connectivity index (χ2v) is 6.81. The molecule has 20 heavy (non-hydrogen) atoms. The maximum Gasteiger partial charge on any atom is 0.136 e. The van der Waals surface area contributed by atoms with Crippen molar-refractivity contribution in [1.29, 1.82) is 0 Å². The van der Waals surface area contributed by atoms with E-state index in [-0.39, 0.29) is 12.2 Å². The van der Waals surface area contributed by atoms with E-state index < -0.39 is 0 Å². The highest BCUT2D eigenvalue weighted by atomic mass is 16.5. The van der Waals surface area contributed by atoms with Crippen LogP contribution in [-0.4, -0.2) is 29.7 Å². The Balaban J connectivity index is 1.54. The van der Waals surface area contributed by atoms with Crippen molar-refractivity contribution < 1.29 is 14.6 Å². The molecule has 0 aromatic heterocycles. The zero-order valence-corrected chi connectivity index (χ0v) is 12.9. The maximum atomic E-state index is 11.9. The van der Waals surface area contributed by atoms with Crippen LogP contribution in [0.5, 0.6) is 0 Å². The van der Waals surface area contributed by atoms with Gasteiger partial charge in [-0.25, -0.2) is 0 Å².